The van der Waals surface area contributed by atoms with E-state index in [1.165, 1.54) is 0 Å². The third-order valence-corrected chi connectivity index (χ3v) is 5.93. The lowest BCUT2D eigenvalue weighted by molar-refractivity contribution is -0.130. The van der Waals surface area contributed by atoms with Gasteiger partial charge in [-0.05, 0) is 36.9 Å². The van der Waals surface area contributed by atoms with Crippen molar-refractivity contribution in [3.8, 4) is 0 Å². The summed E-state index contributed by atoms with van der Waals surface area (Å²) in [4.78, 5) is 35.3. The topological polar surface area (TPSA) is 82.2 Å². The van der Waals surface area contributed by atoms with Gasteiger partial charge in [-0.2, -0.15) is 5.10 Å². The maximum Gasteiger partial charge on any atom is 0.254 e. The van der Waals surface area contributed by atoms with Crippen LogP contribution < -0.4 is 0 Å². The molecule has 0 radical (unpaired) electrons. The average Bonchev–Trinajstić information content (AvgIpc) is 3.34. The SMILES string of the molecule is Cc1nc(C2CN(C(=O)Cc3cccs3)CCCN2C(=O)c2ccccc2)n[nH]1. The molecule has 1 saturated heterocycles. The van der Waals surface area contributed by atoms with E-state index in [1.807, 2.05) is 59.7 Å². The highest BCUT2D eigenvalue weighted by molar-refractivity contribution is 7.10. The summed E-state index contributed by atoms with van der Waals surface area (Å²) >= 11 is 1.58. The normalized spacial score (nSPS) is 17.2. The van der Waals surface area contributed by atoms with Crippen molar-refractivity contribution in [1.29, 1.82) is 0 Å². The molecule has 1 atom stereocenters. The van der Waals surface area contributed by atoms with Crippen LogP contribution in [0.5, 0.6) is 0 Å². The number of carbonyl (C=O) groups excluding carboxylic acids is 2. The molecule has 0 aliphatic carbocycles. The van der Waals surface area contributed by atoms with E-state index in [0.29, 0.717) is 49.7 Å². The molecule has 1 N–H and O–H groups in total. The van der Waals surface area contributed by atoms with Gasteiger partial charge >= 0.3 is 0 Å². The fourth-order valence-electron chi connectivity index (χ4n) is 3.61. The first-order valence-electron chi connectivity index (χ1n) is 9.67. The van der Waals surface area contributed by atoms with Crippen LogP contribution in [-0.2, 0) is 11.2 Å². The second-order valence-corrected chi connectivity index (χ2v) is 8.14. The average molecular weight is 410 g/mol. The highest BCUT2D eigenvalue weighted by atomic mass is 32.1. The van der Waals surface area contributed by atoms with Gasteiger partial charge in [-0.1, -0.05) is 24.3 Å². The minimum Gasteiger partial charge on any atom is -0.340 e. The van der Waals surface area contributed by atoms with Crippen LogP contribution in [0.1, 0.15) is 39.3 Å². The van der Waals surface area contributed by atoms with Crippen LogP contribution in [0.15, 0.2) is 47.8 Å². The minimum atomic E-state index is -0.387. The number of thiophene rings is 1. The van der Waals surface area contributed by atoms with Crippen molar-refractivity contribution in [2.24, 2.45) is 0 Å². The number of hydrogen-bond donors (Lipinski definition) is 1. The maximum atomic E-state index is 13.2. The van der Waals surface area contributed by atoms with Gasteiger partial charge in [0.05, 0.1) is 6.42 Å². The third kappa shape index (κ3) is 4.37. The van der Waals surface area contributed by atoms with Gasteiger partial charge in [0.25, 0.3) is 5.91 Å². The van der Waals surface area contributed by atoms with E-state index in [2.05, 4.69) is 15.2 Å². The smallest absolute Gasteiger partial charge is 0.254 e. The molecule has 29 heavy (non-hydrogen) atoms. The number of aromatic nitrogens is 3. The van der Waals surface area contributed by atoms with Crippen molar-refractivity contribution in [1.82, 2.24) is 25.0 Å². The number of aromatic amines is 1. The summed E-state index contributed by atoms with van der Waals surface area (Å²) in [7, 11) is 0. The van der Waals surface area contributed by atoms with E-state index in [1.54, 1.807) is 16.2 Å². The third-order valence-electron chi connectivity index (χ3n) is 5.05. The second-order valence-electron chi connectivity index (χ2n) is 7.11. The number of amides is 2. The summed E-state index contributed by atoms with van der Waals surface area (Å²) in [5, 5.41) is 9.15. The molecule has 8 heteroatoms. The summed E-state index contributed by atoms with van der Waals surface area (Å²) in [6.45, 7) is 3.38. The molecule has 1 fully saturated rings. The predicted molar refractivity (Wildman–Crippen MR) is 111 cm³/mol. The van der Waals surface area contributed by atoms with Crippen molar-refractivity contribution in [2.45, 2.75) is 25.8 Å². The number of rotatable bonds is 4. The molecule has 1 aliphatic rings. The summed E-state index contributed by atoms with van der Waals surface area (Å²) in [5.41, 5.74) is 0.628. The van der Waals surface area contributed by atoms with Gasteiger partial charge in [-0.15, -0.1) is 11.3 Å². The fourth-order valence-corrected chi connectivity index (χ4v) is 4.30. The number of H-pyrrole nitrogens is 1. The molecule has 0 bridgehead atoms. The van der Waals surface area contributed by atoms with Crippen LogP contribution >= 0.6 is 11.3 Å². The number of benzene rings is 1. The van der Waals surface area contributed by atoms with Crippen LogP contribution in [-0.4, -0.2) is 56.4 Å². The van der Waals surface area contributed by atoms with Crippen molar-refractivity contribution >= 4 is 23.2 Å². The summed E-state index contributed by atoms with van der Waals surface area (Å²) in [5.74, 6) is 1.24. The lowest BCUT2D eigenvalue weighted by Crippen LogP contribution is -2.41. The van der Waals surface area contributed by atoms with Gasteiger partial charge in [0.1, 0.15) is 11.9 Å². The molecule has 3 heterocycles. The Morgan fingerprint density at radius 3 is 2.69 bits per heavy atom. The summed E-state index contributed by atoms with van der Waals surface area (Å²) < 4.78 is 0. The van der Waals surface area contributed by atoms with Crippen molar-refractivity contribution in [3.05, 3.63) is 69.9 Å². The molecule has 0 spiro atoms. The van der Waals surface area contributed by atoms with E-state index < -0.39 is 0 Å². The van der Waals surface area contributed by atoms with E-state index in [4.69, 9.17) is 0 Å². The molecule has 2 aromatic heterocycles. The Morgan fingerprint density at radius 1 is 1.17 bits per heavy atom. The van der Waals surface area contributed by atoms with Crippen LogP contribution in [0.25, 0.3) is 0 Å². The van der Waals surface area contributed by atoms with Crippen LogP contribution in [0.3, 0.4) is 0 Å². The van der Waals surface area contributed by atoms with E-state index in [9.17, 15) is 9.59 Å². The van der Waals surface area contributed by atoms with Gasteiger partial charge in [0, 0.05) is 30.1 Å². The van der Waals surface area contributed by atoms with Crippen LogP contribution in [0.2, 0.25) is 0 Å². The van der Waals surface area contributed by atoms with Crippen molar-refractivity contribution in [3.63, 3.8) is 0 Å². The monoisotopic (exact) mass is 409 g/mol. The Labute approximate surface area is 173 Å². The first-order chi connectivity index (χ1) is 14.1. The fraction of sp³-hybridized carbons (Fsp3) is 0.333. The lowest BCUT2D eigenvalue weighted by Gasteiger charge is -2.30. The lowest BCUT2D eigenvalue weighted by atomic mass is 10.1. The van der Waals surface area contributed by atoms with E-state index in [0.717, 1.165) is 4.88 Å². The molecule has 4 rings (SSSR count). The second kappa shape index (κ2) is 8.57. The quantitative estimate of drug-likeness (QED) is 0.718. The maximum absolute atomic E-state index is 13.2. The Bertz CT molecular complexity index is 970. The number of nitrogens with zero attached hydrogens (tertiary/aromatic N) is 4. The van der Waals surface area contributed by atoms with Gasteiger partial charge < -0.3 is 9.80 Å². The molecular formula is C21H23N5O2S. The number of hydrogen-bond acceptors (Lipinski definition) is 5. The van der Waals surface area contributed by atoms with E-state index >= 15 is 0 Å². The zero-order valence-corrected chi connectivity index (χ0v) is 17.1. The molecule has 1 aromatic carbocycles. The molecule has 1 aliphatic heterocycles. The Morgan fingerprint density at radius 2 is 2.00 bits per heavy atom. The molecule has 2 amide bonds. The zero-order chi connectivity index (χ0) is 20.2. The Balaban J connectivity index is 1.60. The highest BCUT2D eigenvalue weighted by Gasteiger charge is 2.34. The van der Waals surface area contributed by atoms with Crippen LogP contribution in [0.4, 0.5) is 0 Å². The standard InChI is InChI=1S/C21H23N5O2S/c1-15-22-20(24-23-15)18-14-25(19(27)13-17-9-5-12-29-17)10-6-11-26(18)21(28)16-7-3-2-4-8-16/h2-5,7-9,12,18H,6,10-11,13-14H2,1H3,(H,22,23,24). The molecule has 0 saturated carbocycles. The largest absolute Gasteiger partial charge is 0.340 e. The van der Waals surface area contributed by atoms with E-state index in [-0.39, 0.29) is 17.9 Å². The molecule has 1 unspecified atom stereocenters. The summed E-state index contributed by atoms with van der Waals surface area (Å²) in [6.07, 6.45) is 1.10. The van der Waals surface area contributed by atoms with Crippen molar-refractivity contribution < 1.29 is 9.59 Å². The number of carbonyl (C=O) groups is 2. The Kier molecular flexibility index (Phi) is 5.71. The van der Waals surface area contributed by atoms with Gasteiger partial charge in [-0.25, -0.2) is 4.98 Å². The van der Waals surface area contributed by atoms with Gasteiger partial charge in [-0.3, -0.25) is 14.7 Å². The number of nitrogens with one attached hydrogen (secondary N) is 1. The molecule has 7 nitrogen and oxygen atoms in total. The van der Waals surface area contributed by atoms with Crippen LogP contribution in [0, 0.1) is 6.92 Å². The molecular weight excluding hydrogens is 386 g/mol. The molecule has 3 aromatic rings. The van der Waals surface area contributed by atoms with Gasteiger partial charge in [0.15, 0.2) is 5.82 Å². The summed E-state index contributed by atoms with van der Waals surface area (Å²) in [6, 6.07) is 12.8. The first kappa shape index (κ1) is 19.3. The minimum absolute atomic E-state index is 0.0643. The van der Waals surface area contributed by atoms with Crippen molar-refractivity contribution in [2.75, 3.05) is 19.6 Å². The van der Waals surface area contributed by atoms with Gasteiger partial charge in [0.2, 0.25) is 5.91 Å². The predicted octanol–water partition coefficient (Wildman–Crippen LogP) is 2.83. The molecule has 150 valence electrons. The Hall–Kier alpha value is -3.00. The first-order valence-corrected chi connectivity index (χ1v) is 10.5. The highest BCUT2D eigenvalue weighted by Crippen LogP contribution is 2.25. The number of aryl methyl sites for hydroxylation is 1. The zero-order valence-electron chi connectivity index (χ0n) is 16.2.